The van der Waals surface area contributed by atoms with Crippen LogP contribution in [0, 0.1) is 10.1 Å². The molecule has 7 nitrogen and oxygen atoms in total. The minimum Gasteiger partial charge on any atom is -0.494 e. The van der Waals surface area contributed by atoms with E-state index in [1.807, 2.05) is 54.6 Å². The van der Waals surface area contributed by atoms with Gasteiger partial charge in [0, 0.05) is 23.9 Å². The number of aliphatic imine (C=N–C) groups is 1. The highest BCUT2D eigenvalue weighted by Gasteiger charge is 2.06. The van der Waals surface area contributed by atoms with Crippen molar-refractivity contribution in [3.63, 3.8) is 0 Å². The lowest BCUT2D eigenvalue weighted by molar-refractivity contribution is -0.384. The number of ether oxygens (including phenoxy) is 2. The second-order valence-corrected chi connectivity index (χ2v) is 11.0. The minimum absolute atomic E-state index is 0.0681. The molecule has 42 heavy (non-hydrogen) atoms. The highest BCUT2D eigenvalue weighted by Crippen LogP contribution is 2.31. The van der Waals surface area contributed by atoms with Crippen LogP contribution in [0.4, 0.5) is 11.4 Å². The van der Waals surface area contributed by atoms with E-state index in [-0.39, 0.29) is 5.69 Å². The number of benzene rings is 4. The van der Waals surface area contributed by atoms with Crippen LogP contribution in [0.3, 0.4) is 0 Å². The smallest absolute Gasteiger partial charge is 0.269 e. The lowest BCUT2D eigenvalue weighted by atomic mass is 10.1. The molecule has 0 bridgehead atoms. The van der Waals surface area contributed by atoms with Crippen LogP contribution in [-0.2, 0) is 0 Å². The Balaban J connectivity index is 0.903. The van der Waals surface area contributed by atoms with E-state index in [2.05, 4.69) is 23.2 Å². The molecule has 1 aromatic heterocycles. The Morgan fingerprint density at radius 1 is 0.738 bits per heavy atom. The van der Waals surface area contributed by atoms with Crippen LogP contribution < -0.4 is 9.47 Å². The van der Waals surface area contributed by atoms with Crippen LogP contribution in [0.1, 0.15) is 44.1 Å². The van der Waals surface area contributed by atoms with Gasteiger partial charge in [-0.05, 0) is 91.2 Å². The molecule has 0 N–H and O–H groups in total. The number of fused-ring (bicyclic) bond motifs is 1. The number of unbranched alkanes of at least 4 members (excludes halogenated alkanes) is 5. The van der Waals surface area contributed by atoms with E-state index in [0.29, 0.717) is 6.61 Å². The first-order chi connectivity index (χ1) is 20.6. The molecule has 0 saturated carbocycles. The van der Waals surface area contributed by atoms with E-state index in [0.717, 1.165) is 71.1 Å². The summed E-state index contributed by atoms with van der Waals surface area (Å²) in [4.78, 5) is 19.5. The van der Waals surface area contributed by atoms with Crippen molar-refractivity contribution in [2.24, 2.45) is 4.99 Å². The van der Waals surface area contributed by atoms with E-state index in [1.165, 1.54) is 29.7 Å². The number of nitrogens with zero attached hydrogens (tertiary/aromatic N) is 3. The SMILES string of the molecule is O=[N+]([O-])c1ccc(C=Nc2ccc(OCCCCCCCCOc3ccc(-c4nc5ccccc5s4)cc3)cc2)cc1. The molecule has 0 aliphatic carbocycles. The molecule has 214 valence electrons. The molecule has 0 atom stereocenters. The van der Waals surface area contributed by atoms with E-state index < -0.39 is 4.92 Å². The second-order valence-electron chi connectivity index (χ2n) is 9.93. The number of hydrogen-bond acceptors (Lipinski definition) is 7. The van der Waals surface area contributed by atoms with E-state index in [4.69, 9.17) is 14.5 Å². The molecule has 0 fully saturated rings. The summed E-state index contributed by atoms with van der Waals surface area (Å²) in [5, 5.41) is 11.8. The number of nitro benzene ring substituents is 1. The maximum Gasteiger partial charge on any atom is 0.269 e. The zero-order chi connectivity index (χ0) is 29.0. The standard InChI is InChI=1S/C34H33N3O4S/c38-37(39)29-17-11-26(12-18-29)25-35-28-15-21-31(22-16-28)41-24-8-4-2-1-3-7-23-40-30-19-13-27(14-20-30)34-36-32-9-5-6-10-33(32)42-34/h5-6,9-22,25H,1-4,7-8,23-24H2. The van der Waals surface area contributed by atoms with Crippen molar-refractivity contribution in [3.8, 4) is 22.1 Å². The van der Waals surface area contributed by atoms with Gasteiger partial charge in [0.05, 0.1) is 34.0 Å². The monoisotopic (exact) mass is 579 g/mol. The third-order valence-corrected chi connectivity index (χ3v) is 7.86. The fourth-order valence-electron chi connectivity index (χ4n) is 4.44. The first kappa shape index (κ1) is 29.0. The van der Waals surface area contributed by atoms with E-state index >= 15 is 0 Å². The molecule has 5 rings (SSSR count). The highest BCUT2D eigenvalue weighted by atomic mass is 32.1. The summed E-state index contributed by atoms with van der Waals surface area (Å²) in [6.45, 7) is 1.43. The summed E-state index contributed by atoms with van der Waals surface area (Å²) in [5.41, 5.74) is 3.84. The first-order valence-corrected chi connectivity index (χ1v) is 15.1. The van der Waals surface area contributed by atoms with Crippen LogP contribution in [0.15, 0.2) is 102 Å². The minimum atomic E-state index is -0.413. The Labute approximate surface area is 249 Å². The van der Waals surface area contributed by atoms with Crippen molar-refractivity contribution in [1.29, 1.82) is 0 Å². The summed E-state index contributed by atoms with van der Waals surface area (Å²) in [5.74, 6) is 1.73. The summed E-state index contributed by atoms with van der Waals surface area (Å²) in [6.07, 6.45) is 8.46. The van der Waals surface area contributed by atoms with Gasteiger partial charge < -0.3 is 9.47 Å². The predicted molar refractivity (Wildman–Crippen MR) is 171 cm³/mol. The van der Waals surface area contributed by atoms with Gasteiger partial charge in [0.25, 0.3) is 5.69 Å². The van der Waals surface area contributed by atoms with Gasteiger partial charge in [-0.3, -0.25) is 15.1 Å². The first-order valence-electron chi connectivity index (χ1n) is 14.2. The summed E-state index contributed by atoms with van der Waals surface area (Å²) in [6, 6.07) is 30.4. The molecular weight excluding hydrogens is 546 g/mol. The van der Waals surface area contributed by atoms with Gasteiger partial charge in [-0.25, -0.2) is 4.98 Å². The number of aromatic nitrogens is 1. The molecule has 0 unspecified atom stereocenters. The van der Waals surface area contributed by atoms with Crippen LogP contribution in [0.5, 0.6) is 11.5 Å². The molecule has 0 amide bonds. The van der Waals surface area contributed by atoms with Gasteiger partial charge in [-0.15, -0.1) is 11.3 Å². The lowest BCUT2D eigenvalue weighted by Crippen LogP contribution is -1.98. The van der Waals surface area contributed by atoms with Gasteiger partial charge in [0.2, 0.25) is 0 Å². The Kier molecular flexibility index (Phi) is 10.3. The van der Waals surface area contributed by atoms with E-state index in [9.17, 15) is 10.1 Å². The van der Waals surface area contributed by atoms with Crippen molar-refractivity contribution < 1.29 is 14.4 Å². The van der Waals surface area contributed by atoms with Gasteiger partial charge in [-0.1, -0.05) is 37.8 Å². The Morgan fingerprint density at radius 3 is 1.95 bits per heavy atom. The molecule has 0 saturated heterocycles. The Morgan fingerprint density at radius 2 is 1.33 bits per heavy atom. The van der Waals surface area contributed by atoms with Gasteiger partial charge >= 0.3 is 0 Å². The average Bonchev–Trinajstić information content (AvgIpc) is 3.46. The number of non-ortho nitro benzene ring substituents is 1. The number of nitro groups is 1. The van der Waals surface area contributed by atoms with Crippen LogP contribution >= 0.6 is 11.3 Å². The number of thiazole rings is 1. The van der Waals surface area contributed by atoms with Crippen molar-refractivity contribution in [2.45, 2.75) is 38.5 Å². The number of para-hydroxylation sites is 1. The topological polar surface area (TPSA) is 86.9 Å². The molecular formula is C34H33N3O4S. The Hall–Kier alpha value is -4.56. The lowest BCUT2D eigenvalue weighted by Gasteiger charge is -2.08. The second kappa shape index (κ2) is 14.9. The molecule has 0 spiro atoms. The molecule has 0 radical (unpaired) electrons. The quantitative estimate of drug-likeness (QED) is 0.0534. The van der Waals surface area contributed by atoms with Gasteiger partial charge in [0.15, 0.2) is 0 Å². The molecule has 5 aromatic rings. The largest absolute Gasteiger partial charge is 0.494 e. The van der Waals surface area contributed by atoms with Crippen molar-refractivity contribution in [3.05, 3.63) is 113 Å². The predicted octanol–water partition coefficient (Wildman–Crippen LogP) is 9.42. The zero-order valence-corrected chi connectivity index (χ0v) is 24.2. The van der Waals surface area contributed by atoms with Crippen molar-refractivity contribution in [2.75, 3.05) is 13.2 Å². The van der Waals surface area contributed by atoms with Crippen molar-refractivity contribution in [1.82, 2.24) is 4.98 Å². The van der Waals surface area contributed by atoms with Crippen LogP contribution in [0.2, 0.25) is 0 Å². The summed E-state index contributed by atoms with van der Waals surface area (Å²) < 4.78 is 13.0. The molecule has 1 heterocycles. The fraction of sp³-hybridized carbons (Fsp3) is 0.235. The van der Waals surface area contributed by atoms with Crippen molar-refractivity contribution >= 4 is 39.1 Å². The third-order valence-electron chi connectivity index (χ3n) is 6.77. The number of hydrogen-bond donors (Lipinski definition) is 0. The van der Waals surface area contributed by atoms with Gasteiger partial charge in [0.1, 0.15) is 16.5 Å². The average molecular weight is 580 g/mol. The Bertz CT molecular complexity index is 1560. The fourth-order valence-corrected chi connectivity index (χ4v) is 5.41. The normalized spacial score (nSPS) is 11.2. The molecule has 4 aromatic carbocycles. The zero-order valence-electron chi connectivity index (χ0n) is 23.4. The number of rotatable bonds is 15. The highest BCUT2D eigenvalue weighted by molar-refractivity contribution is 7.21. The third kappa shape index (κ3) is 8.47. The van der Waals surface area contributed by atoms with E-state index in [1.54, 1.807) is 29.7 Å². The maximum absolute atomic E-state index is 10.7. The molecule has 0 aliphatic rings. The summed E-state index contributed by atoms with van der Waals surface area (Å²) >= 11 is 1.71. The van der Waals surface area contributed by atoms with Crippen LogP contribution in [-0.4, -0.2) is 29.3 Å². The van der Waals surface area contributed by atoms with Crippen LogP contribution in [0.25, 0.3) is 20.8 Å². The maximum atomic E-state index is 10.7. The molecule has 0 aliphatic heterocycles. The van der Waals surface area contributed by atoms with Gasteiger partial charge in [-0.2, -0.15) is 0 Å². The molecule has 8 heteroatoms. The summed E-state index contributed by atoms with van der Waals surface area (Å²) in [7, 11) is 0.